The molecule has 0 heterocycles. The van der Waals surface area contributed by atoms with Gasteiger partial charge in [0.15, 0.2) is 0 Å². The largest absolute Gasteiger partial charge is 0.318 e. The number of halogens is 1. The fourth-order valence-corrected chi connectivity index (χ4v) is 2.50. The van der Waals surface area contributed by atoms with Crippen molar-refractivity contribution >= 4 is 12.6 Å². The molecule has 1 unspecified atom stereocenters. The van der Waals surface area contributed by atoms with Crippen LogP contribution in [0.25, 0.3) is 0 Å². The Morgan fingerprint density at radius 3 is 2.57 bits per heavy atom. The molecule has 0 aromatic heterocycles. The number of hydrogen-bond acceptors (Lipinski definition) is 3. The number of nitrogens with one attached hydrogen (secondary N) is 1. The topological polar surface area (TPSA) is 38.0 Å². The molecule has 1 aliphatic carbocycles. The van der Waals surface area contributed by atoms with Gasteiger partial charge in [0.1, 0.15) is 6.17 Å². The van der Waals surface area contributed by atoms with Gasteiger partial charge in [0, 0.05) is 18.5 Å². The molecule has 14 heavy (non-hydrogen) atoms. The molecule has 0 radical (unpaired) electrons. The van der Waals surface area contributed by atoms with E-state index in [0.29, 0.717) is 17.8 Å². The minimum absolute atomic E-state index is 0.361. The zero-order chi connectivity index (χ0) is 10.4. The fourth-order valence-electron chi connectivity index (χ4n) is 2.08. The van der Waals surface area contributed by atoms with Gasteiger partial charge in [0.05, 0.1) is 0 Å². The molecule has 0 aromatic rings. The molecule has 0 aliphatic heterocycles. The smallest absolute Gasteiger partial charge is 0.100 e. The van der Waals surface area contributed by atoms with Crippen LogP contribution in [-0.4, -0.2) is 24.6 Å². The average Bonchev–Trinajstić information content (AvgIpc) is 2.18. The van der Waals surface area contributed by atoms with Crippen LogP contribution in [-0.2, 0) is 0 Å². The lowest BCUT2D eigenvalue weighted by atomic mass is 9.85. The van der Waals surface area contributed by atoms with E-state index in [0.717, 1.165) is 38.6 Å². The van der Waals surface area contributed by atoms with E-state index in [9.17, 15) is 4.39 Å². The van der Waals surface area contributed by atoms with Crippen molar-refractivity contribution in [3.63, 3.8) is 0 Å². The van der Waals surface area contributed by atoms with Gasteiger partial charge in [-0.1, -0.05) is 0 Å². The Morgan fingerprint density at radius 2 is 2.00 bits per heavy atom. The highest BCUT2D eigenvalue weighted by Gasteiger charge is 2.22. The minimum Gasteiger partial charge on any atom is -0.318 e. The van der Waals surface area contributed by atoms with E-state index in [2.05, 4.69) is 17.9 Å². The summed E-state index contributed by atoms with van der Waals surface area (Å²) in [5.74, 6) is 0.670. The van der Waals surface area contributed by atoms with Gasteiger partial charge in [0.25, 0.3) is 0 Å². The molecule has 1 atom stereocenters. The van der Waals surface area contributed by atoms with Crippen molar-refractivity contribution in [2.75, 3.05) is 13.2 Å². The first-order chi connectivity index (χ1) is 6.72. The van der Waals surface area contributed by atoms with Gasteiger partial charge < -0.3 is 11.1 Å². The lowest BCUT2D eigenvalue weighted by molar-refractivity contribution is 0.201. The second-order valence-corrected chi connectivity index (χ2v) is 4.90. The van der Waals surface area contributed by atoms with Crippen molar-refractivity contribution in [1.29, 1.82) is 0 Å². The molecule has 0 aromatic carbocycles. The van der Waals surface area contributed by atoms with E-state index < -0.39 is 6.17 Å². The fraction of sp³-hybridized carbons (Fsp3) is 1.00. The van der Waals surface area contributed by atoms with Gasteiger partial charge in [0.2, 0.25) is 0 Å². The molecule has 84 valence electrons. The summed E-state index contributed by atoms with van der Waals surface area (Å²) in [6, 6.07) is 0. The van der Waals surface area contributed by atoms with E-state index in [1.807, 2.05) is 0 Å². The number of alkyl halides is 1. The van der Waals surface area contributed by atoms with Crippen molar-refractivity contribution in [2.24, 2.45) is 11.7 Å². The van der Waals surface area contributed by atoms with Crippen molar-refractivity contribution in [2.45, 2.75) is 43.5 Å². The molecular weight excluding hydrogens is 199 g/mol. The molecule has 0 bridgehead atoms. The molecule has 2 nitrogen and oxygen atoms in total. The molecule has 0 amide bonds. The zero-order valence-electron chi connectivity index (χ0n) is 8.58. The molecule has 1 saturated carbocycles. The molecule has 4 heteroatoms. The van der Waals surface area contributed by atoms with Crippen LogP contribution in [0.1, 0.15) is 32.1 Å². The first-order valence-electron chi connectivity index (χ1n) is 5.45. The summed E-state index contributed by atoms with van der Waals surface area (Å²) in [5.41, 5.74) is 5.33. The number of nitrogens with two attached hydrogens (primary N) is 1. The molecule has 1 fully saturated rings. The lowest BCUT2D eigenvalue weighted by Gasteiger charge is -2.26. The lowest BCUT2D eigenvalue weighted by Crippen LogP contribution is -2.30. The van der Waals surface area contributed by atoms with Crippen LogP contribution < -0.4 is 11.1 Å². The Kier molecular flexibility index (Phi) is 5.82. The summed E-state index contributed by atoms with van der Waals surface area (Å²) in [6.07, 6.45) is 4.09. The summed E-state index contributed by atoms with van der Waals surface area (Å²) >= 11 is 4.48. The van der Waals surface area contributed by atoms with Gasteiger partial charge in [-0.05, 0) is 38.0 Å². The highest BCUT2D eigenvalue weighted by atomic mass is 32.1. The van der Waals surface area contributed by atoms with Crippen molar-refractivity contribution in [1.82, 2.24) is 5.32 Å². The molecule has 1 rings (SSSR count). The Bertz CT molecular complexity index is 149. The van der Waals surface area contributed by atoms with Gasteiger partial charge in [-0.2, -0.15) is 12.6 Å². The summed E-state index contributed by atoms with van der Waals surface area (Å²) in [6.45, 7) is 1.36. The summed E-state index contributed by atoms with van der Waals surface area (Å²) < 4.78 is 12.8. The molecule has 0 spiro atoms. The monoisotopic (exact) mass is 220 g/mol. The maximum atomic E-state index is 12.8. The Morgan fingerprint density at radius 1 is 1.36 bits per heavy atom. The number of hydrogen-bond donors (Lipinski definition) is 3. The Labute approximate surface area is 91.2 Å². The van der Waals surface area contributed by atoms with Crippen LogP contribution in [0.15, 0.2) is 0 Å². The van der Waals surface area contributed by atoms with E-state index in [1.165, 1.54) is 0 Å². The Hall–Kier alpha value is 0.200. The van der Waals surface area contributed by atoms with Gasteiger partial charge in [-0.15, -0.1) is 0 Å². The maximum Gasteiger partial charge on any atom is 0.100 e. The molecule has 3 N–H and O–H groups in total. The first kappa shape index (κ1) is 12.3. The normalized spacial score (nSPS) is 30.2. The second-order valence-electron chi connectivity index (χ2n) is 4.17. The van der Waals surface area contributed by atoms with Crippen LogP contribution >= 0.6 is 12.6 Å². The van der Waals surface area contributed by atoms with Crippen molar-refractivity contribution in [3.05, 3.63) is 0 Å². The van der Waals surface area contributed by atoms with Gasteiger partial charge in [-0.25, -0.2) is 4.39 Å². The highest BCUT2D eigenvalue weighted by molar-refractivity contribution is 7.81. The van der Waals surface area contributed by atoms with Crippen LogP contribution in [0.5, 0.6) is 0 Å². The zero-order valence-corrected chi connectivity index (χ0v) is 9.48. The van der Waals surface area contributed by atoms with Gasteiger partial charge in [-0.3, -0.25) is 0 Å². The minimum atomic E-state index is -0.549. The standard InChI is InChI=1S/C10H21FN2S/c11-9-3-1-8(2-4-9)5-10(14)6-13-7-12/h8-10,13-14H,1-7,12H2. The van der Waals surface area contributed by atoms with Crippen LogP contribution in [0.4, 0.5) is 4.39 Å². The predicted octanol–water partition coefficient (Wildman–Crippen LogP) is 1.71. The average molecular weight is 220 g/mol. The maximum absolute atomic E-state index is 12.8. The molecule has 1 aliphatic rings. The predicted molar refractivity (Wildman–Crippen MR) is 61.3 cm³/mol. The van der Waals surface area contributed by atoms with Crippen molar-refractivity contribution < 1.29 is 4.39 Å². The van der Waals surface area contributed by atoms with E-state index >= 15 is 0 Å². The van der Waals surface area contributed by atoms with Gasteiger partial charge >= 0.3 is 0 Å². The molecule has 0 saturated heterocycles. The Balaban J connectivity index is 2.10. The third-order valence-corrected chi connectivity index (χ3v) is 3.30. The van der Waals surface area contributed by atoms with E-state index in [-0.39, 0.29) is 0 Å². The summed E-state index contributed by atoms with van der Waals surface area (Å²) in [5, 5.41) is 3.43. The van der Waals surface area contributed by atoms with E-state index in [4.69, 9.17) is 5.73 Å². The van der Waals surface area contributed by atoms with E-state index in [1.54, 1.807) is 0 Å². The second kappa shape index (κ2) is 6.64. The quantitative estimate of drug-likeness (QED) is 0.487. The van der Waals surface area contributed by atoms with Crippen LogP contribution in [0.2, 0.25) is 0 Å². The third-order valence-electron chi connectivity index (χ3n) is 2.91. The van der Waals surface area contributed by atoms with Crippen LogP contribution in [0.3, 0.4) is 0 Å². The van der Waals surface area contributed by atoms with Crippen molar-refractivity contribution in [3.8, 4) is 0 Å². The molecular formula is C10H21FN2S. The number of rotatable bonds is 5. The van der Waals surface area contributed by atoms with Crippen LogP contribution in [0, 0.1) is 5.92 Å². The third kappa shape index (κ3) is 4.62. The first-order valence-corrected chi connectivity index (χ1v) is 5.97. The number of thiol groups is 1. The summed E-state index contributed by atoms with van der Waals surface area (Å²) in [4.78, 5) is 0. The highest BCUT2D eigenvalue weighted by Crippen LogP contribution is 2.30. The summed E-state index contributed by atoms with van der Waals surface area (Å²) in [7, 11) is 0. The SMILES string of the molecule is NCNCC(S)CC1CCC(F)CC1.